The summed E-state index contributed by atoms with van der Waals surface area (Å²) in [4.78, 5) is 18.1. The van der Waals surface area contributed by atoms with Crippen molar-refractivity contribution >= 4 is 17.7 Å². The quantitative estimate of drug-likeness (QED) is 0.126. The maximum absolute atomic E-state index is 15.1. The molecule has 0 radical (unpaired) electrons. The zero-order valence-electron chi connectivity index (χ0n) is 25.1. The van der Waals surface area contributed by atoms with Crippen molar-refractivity contribution in [2.24, 2.45) is 5.16 Å². The largest absolute Gasteiger partial charge is 0.459 e. The van der Waals surface area contributed by atoms with Gasteiger partial charge in [-0.05, 0) is 62.2 Å². The molecule has 10 atom stereocenters. The molecule has 3 fully saturated rings. The van der Waals surface area contributed by atoms with E-state index in [1.165, 1.54) is 63.2 Å². The fraction of sp³-hybridized carbons (Fsp3) is 0.484. The van der Waals surface area contributed by atoms with Crippen molar-refractivity contribution in [2.75, 3.05) is 6.79 Å². The van der Waals surface area contributed by atoms with Crippen LogP contribution in [-0.2, 0) is 30.4 Å². The second-order valence-corrected chi connectivity index (χ2v) is 11.7. The van der Waals surface area contributed by atoms with Gasteiger partial charge in [-0.1, -0.05) is 23.4 Å². The first-order chi connectivity index (χ1) is 21.8. The average Bonchev–Trinajstić information content (AvgIpc) is 3.60. The van der Waals surface area contributed by atoms with E-state index >= 15 is 4.39 Å². The summed E-state index contributed by atoms with van der Waals surface area (Å²) < 4.78 is 50.0. The molecule has 2 saturated heterocycles. The van der Waals surface area contributed by atoms with Crippen molar-refractivity contribution in [1.82, 2.24) is 5.32 Å². The highest BCUT2D eigenvalue weighted by Crippen LogP contribution is 2.35. The summed E-state index contributed by atoms with van der Waals surface area (Å²) in [6.07, 6.45) is -8.96. The number of hydrogen-bond donors (Lipinski definition) is 6. The minimum absolute atomic E-state index is 0.0167. The molecule has 2 aromatic rings. The van der Waals surface area contributed by atoms with Gasteiger partial charge in [-0.15, -0.1) is 0 Å². The normalized spacial score (nSPS) is 34.7. The molecule has 3 aliphatic rings. The van der Waals surface area contributed by atoms with Crippen LogP contribution in [0.15, 0.2) is 53.2 Å². The fourth-order valence-electron chi connectivity index (χ4n) is 5.46. The lowest BCUT2D eigenvalue weighted by Crippen LogP contribution is -2.67. The molecule has 1 amide bonds. The SMILES string of the molecule is CC(=Cc1ccc(O[C@@H]2O[C@H](C(C)=NOCc3ccc(F)cc3)[C@@H](O)[C@]2(C)O)c(F)c1)C(=O)N[C@@H]1[C@H](O)[C@@H](O)[C@H]2OCO[C@H]2[C@@H]1O. The van der Waals surface area contributed by atoms with Crippen LogP contribution in [0.25, 0.3) is 6.08 Å². The van der Waals surface area contributed by atoms with Crippen LogP contribution in [0, 0.1) is 11.6 Å². The van der Waals surface area contributed by atoms with Gasteiger partial charge in [0.05, 0.1) is 11.8 Å². The van der Waals surface area contributed by atoms with Crippen LogP contribution in [-0.4, -0.2) is 105 Å². The molecular formula is C31H36F2N2O11. The van der Waals surface area contributed by atoms with Crippen LogP contribution >= 0.6 is 0 Å². The molecule has 6 N–H and O–H groups in total. The van der Waals surface area contributed by atoms with Gasteiger partial charge in [-0.2, -0.15) is 0 Å². The summed E-state index contributed by atoms with van der Waals surface area (Å²) in [6, 6.07) is 8.10. The minimum atomic E-state index is -1.98. The first-order valence-electron chi connectivity index (χ1n) is 14.5. The summed E-state index contributed by atoms with van der Waals surface area (Å²) in [5.74, 6) is -2.26. The van der Waals surface area contributed by atoms with E-state index < -0.39 is 78.2 Å². The predicted molar refractivity (Wildman–Crippen MR) is 155 cm³/mol. The van der Waals surface area contributed by atoms with Gasteiger partial charge < -0.3 is 54.6 Å². The highest BCUT2D eigenvalue weighted by Gasteiger charge is 2.55. The Balaban J connectivity index is 1.20. The van der Waals surface area contributed by atoms with Crippen LogP contribution in [0.1, 0.15) is 31.9 Å². The Labute approximate surface area is 262 Å². The zero-order valence-corrected chi connectivity index (χ0v) is 25.1. The molecule has 2 heterocycles. The lowest BCUT2D eigenvalue weighted by atomic mass is 9.83. The van der Waals surface area contributed by atoms with Crippen molar-refractivity contribution < 1.29 is 62.9 Å². The molecule has 15 heteroatoms. The molecule has 1 aliphatic carbocycles. The molecule has 250 valence electrons. The summed E-state index contributed by atoms with van der Waals surface area (Å²) in [7, 11) is 0. The Bertz CT molecular complexity index is 1470. The summed E-state index contributed by atoms with van der Waals surface area (Å²) in [5.41, 5.74) is -0.805. The number of rotatable bonds is 9. The molecule has 1 saturated carbocycles. The number of ether oxygens (including phenoxy) is 4. The predicted octanol–water partition coefficient (Wildman–Crippen LogP) is 0.499. The first-order valence-corrected chi connectivity index (χ1v) is 14.5. The molecule has 0 aromatic heterocycles. The number of hydrogen-bond acceptors (Lipinski definition) is 12. The van der Waals surface area contributed by atoms with E-state index in [-0.39, 0.29) is 36.0 Å². The van der Waals surface area contributed by atoms with Crippen LogP contribution in [0.3, 0.4) is 0 Å². The Hall–Kier alpha value is -3.54. The second-order valence-electron chi connectivity index (χ2n) is 11.7. The Morgan fingerprint density at radius 1 is 1.04 bits per heavy atom. The molecule has 2 aromatic carbocycles. The third kappa shape index (κ3) is 6.91. The van der Waals surface area contributed by atoms with Crippen molar-refractivity contribution in [2.45, 2.75) is 88.0 Å². The summed E-state index contributed by atoms with van der Waals surface area (Å²) >= 11 is 0. The van der Waals surface area contributed by atoms with Crippen molar-refractivity contribution in [3.63, 3.8) is 0 Å². The maximum Gasteiger partial charge on any atom is 0.247 e. The monoisotopic (exact) mass is 650 g/mol. The van der Waals surface area contributed by atoms with Crippen molar-refractivity contribution in [1.29, 1.82) is 0 Å². The summed E-state index contributed by atoms with van der Waals surface area (Å²) in [6.45, 7) is 4.05. The minimum Gasteiger partial charge on any atom is -0.459 e. The fourth-order valence-corrected chi connectivity index (χ4v) is 5.46. The van der Waals surface area contributed by atoms with E-state index in [2.05, 4.69) is 10.5 Å². The molecule has 0 bridgehead atoms. The lowest BCUT2D eigenvalue weighted by Gasteiger charge is -2.41. The molecule has 5 rings (SSSR count). The number of benzene rings is 2. The standard InChI is InChI=1S/C31H36F2N2O11/c1-14(29(40)34-21-22(36)24(38)27-26(23(21)37)42-13-43-27)10-17-6-9-20(19(33)11-17)45-30-31(3,41)28(39)25(46-30)15(2)35-44-12-16-4-7-18(32)8-5-16/h4-11,21-28,30,36-39,41H,12-13H2,1-3H3,(H,34,40)/t21-,22+,23-,24-,25-,26+,27-,28-,30-,31+/m1/s1. The van der Waals surface area contributed by atoms with Crippen LogP contribution in [0.2, 0.25) is 0 Å². The van der Waals surface area contributed by atoms with E-state index in [1.54, 1.807) is 0 Å². The van der Waals surface area contributed by atoms with Gasteiger partial charge in [-0.25, -0.2) is 8.78 Å². The highest BCUT2D eigenvalue weighted by molar-refractivity contribution is 5.97. The van der Waals surface area contributed by atoms with Crippen molar-refractivity contribution in [3.8, 4) is 5.75 Å². The van der Waals surface area contributed by atoms with Crippen LogP contribution in [0.5, 0.6) is 5.75 Å². The Morgan fingerprint density at radius 2 is 1.72 bits per heavy atom. The maximum atomic E-state index is 15.1. The Kier molecular flexibility index (Phi) is 10.0. The summed E-state index contributed by atoms with van der Waals surface area (Å²) in [5, 5.41) is 59.4. The molecule has 13 nitrogen and oxygen atoms in total. The van der Waals surface area contributed by atoms with Crippen molar-refractivity contribution in [3.05, 3.63) is 70.8 Å². The lowest BCUT2D eigenvalue weighted by molar-refractivity contribution is -0.155. The molecule has 0 spiro atoms. The average molecular weight is 651 g/mol. The van der Waals surface area contributed by atoms with Gasteiger partial charge >= 0.3 is 0 Å². The molecule has 46 heavy (non-hydrogen) atoms. The number of aliphatic hydroxyl groups excluding tert-OH is 4. The molecular weight excluding hydrogens is 614 g/mol. The topological polar surface area (TPSA) is 189 Å². The number of halogens is 2. The van der Waals surface area contributed by atoms with Gasteiger partial charge in [0.2, 0.25) is 12.2 Å². The van der Waals surface area contributed by atoms with E-state index in [9.17, 15) is 34.7 Å². The zero-order chi connectivity index (χ0) is 33.3. The molecule has 0 unspecified atom stereocenters. The number of nitrogens with one attached hydrogen (secondary N) is 1. The van der Waals surface area contributed by atoms with E-state index in [0.717, 1.165) is 6.07 Å². The number of carbonyl (C=O) groups excluding carboxylic acids is 1. The van der Waals surface area contributed by atoms with E-state index in [4.69, 9.17) is 23.8 Å². The van der Waals surface area contributed by atoms with Gasteiger partial charge in [0.25, 0.3) is 0 Å². The van der Waals surface area contributed by atoms with Gasteiger partial charge in [0, 0.05) is 5.57 Å². The number of aliphatic hydroxyl groups is 5. The van der Waals surface area contributed by atoms with E-state index in [0.29, 0.717) is 5.56 Å². The van der Waals surface area contributed by atoms with Gasteiger partial charge in [-0.3, -0.25) is 4.79 Å². The van der Waals surface area contributed by atoms with Gasteiger partial charge in [0.15, 0.2) is 17.2 Å². The van der Waals surface area contributed by atoms with Crippen LogP contribution < -0.4 is 10.1 Å². The highest BCUT2D eigenvalue weighted by atomic mass is 19.1. The third-order valence-corrected chi connectivity index (χ3v) is 8.23. The third-order valence-electron chi connectivity index (χ3n) is 8.23. The number of fused-ring (bicyclic) bond motifs is 1. The van der Waals surface area contributed by atoms with Gasteiger partial charge in [0.1, 0.15) is 61.9 Å². The number of nitrogens with zero attached hydrogens (tertiary/aromatic N) is 1. The first kappa shape index (κ1) is 33.8. The number of amides is 1. The number of carbonyl (C=O) groups is 1. The smallest absolute Gasteiger partial charge is 0.247 e. The Morgan fingerprint density at radius 3 is 2.39 bits per heavy atom. The molecule has 2 aliphatic heterocycles. The second kappa shape index (κ2) is 13.7. The van der Waals surface area contributed by atoms with Crippen LogP contribution in [0.4, 0.5) is 8.78 Å². The number of oxime groups is 1. The van der Waals surface area contributed by atoms with E-state index in [1.807, 2.05) is 0 Å².